The van der Waals surface area contributed by atoms with Crippen molar-refractivity contribution in [1.82, 2.24) is 0 Å². The van der Waals surface area contributed by atoms with E-state index in [4.69, 9.17) is 18.0 Å². The van der Waals surface area contributed by atoms with E-state index < -0.39 is 20.5 Å². The first-order valence-electron chi connectivity index (χ1n) is 5.36. The van der Waals surface area contributed by atoms with Crippen LogP contribution in [0.2, 0.25) is 0 Å². The van der Waals surface area contributed by atoms with Crippen LogP contribution in [0.25, 0.3) is 0 Å². The van der Waals surface area contributed by atoms with Gasteiger partial charge in [-0.2, -0.15) is 0 Å². The van der Waals surface area contributed by atoms with Crippen molar-refractivity contribution >= 4 is 14.8 Å². The maximum Gasteiger partial charge on any atom is 0.543 e. The number of carbonyl (C=O) groups excluding carboxylic acids is 1. The van der Waals surface area contributed by atoms with Crippen LogP contribution in [-0.4, -0.2) is 41.8 Å². The van der Waals surface area contributed by atoms with E-state index in [-0.39, 0.29) is 5.92 Å². The van der Waals surface area contributed by atoms with Crippen molar-refractivity contribution in [3.63, 3.8) is 0 Å². The number of hydrogen-bond donors (Lipinski definition) is 0. The molecule has 0 fully saturated rings. The van der Waals surface area contributed by atoms with E-state index in [0.29, 0.717) is 5.57 Å². The van der Waals surface area contributed by atoms with Gasteiger partial charge in [0, 0.05) is 26.9 Å². The quantitative estimate of drug-likeness (QED) is 0.396. The van der Waals surface area contributed by atoms with Crippen LogP contribution < -0.4 is 0 Å². The maximum atomic E-state index is 11.6. The highest BCUT2D eigenvalue weighted by Crippen LogP contribution is 2.22. The fourth-order valence-electron chi connectivity index (χ4n) is 1.43. The normalized spacial score (nSPS) is 13.6. The standard InChI is InChI=1S/C11H22O5Si/c1-8(2)10(12)16-11(9(3)4)17(13-5,14-6)15-7/h9,11H,1H2,2-7H3. The second-order valence-corrected chi connectivity index (χ2v) is 7.07. The van der Waals surface area contributed by atoms with E-state index in [0.717, 1.165) is 0 Å². The number of carbonyl (C=O) groups is 1. The third kappa shape index (κ3) is 3.92. The van der Waals surface area contributed by atoms with Crippen LogP contribution in [0.15, 0.2) is 12.2 Å². The monoisotopic (exact) mass is 262 g/mol. The molecule has 0 N–H and O–H groups in total. The van der Waals surface area contributed by atoms with E-state index in [2.05, 4.69) is 6.58 Å². The SMILES string of the molecule is C=C(C)C(=O)OC(C(C)C)[Si](OC)(OC)OC. The predicted molar refractivity (Wildman–Crippen MR) is 66.3 cm³/mol. The molecule has 0 aromatic rings. The fraction of sp³-hybridized carbons (Fsp3) is 0.727. The minimum atomic E-state index is -3.00. The number of ether oxygens (including phenoxy) is 1. The molecule has 6 heteroatoms. The van der Waals surface area contributed by atoms with Gasteiger partial charge in [0.25, 0.3) is 0 Å². The molecule has 0 aliphatic heterocycles. The summed E-state index contributed by atoms with van der Waals surface area (Å²) in [5.41, 5.74) is -0.214. The summed E-state index contributed by atoms with van der Waals surface area (Å²) >= 11 is 0. The third-order valence-electron chi connectivity index (χ3n) is 2.39. The maximum absolute atomic E-state index is 11.6. The summed E-state index contributed by atoms with van der Waals surface area (Å²) in [5.74, 6) is -0.448. The molecule has 0 bridgehead atoms. The first kappa shape index (κ1) is 16.3. The Balaban J connectivity index is 5.07. The average molecular weight is 262 g/mol. The Labute approximate surface area is 104 Å². The van der Waals surface area contributed by atoms with Gasteiger partial charge in [-0.05, 0) is 12.8 Å². The number of esters is 1. The molecule has 0 radical (unpaired) electrons. The third-order valence-corrected chi connectivity index (χ3v) is 5.58. The molecule has 0 aliphatic carbocycles. The van der Waals surface area contributed by atoms with Gasteiger partial charge in [-0.15, -0.1) is 0 Å². The molecule has 1 unspecified atom stereocenters. The first-order chi connectivity index (χ1) is 7.84. The molecule has 0 aromatic carbocycles. The minimum Gasteiger partial charge on any atom is -0.454 e. The van der Waals surface area contributed by atoms with Gasteiger partial charge in [-0.1, -0.05) is 20.4 Å². The Morgan fingerprint density at radius 3 is 1.76 bits per heavy atom. The minimum absolute atomic E-state index is 0.0183. The fourth-order valence-corrected chi connectivity index (χ4v) is 3.70. The summed E-state index contributed by atoms with van der Waals surface area (Å²) in [5, 5.41) is 0. The van der Waals surface area contributed by atoms with Crippen LogP contribution in [0.1, 0.15) is 20.8 Å². The lowest BCUT2D eigenvalue weighted by molar-refractivity contribution is -0.145. The van der Waals surface area contributed by atoms with Gasteiger partial charge in [-0.25, -0.2) is 4.79 Å². The van der Waals surface area contributed by atoms with Crippen LogP contribution in [0.4, 0.5) is 0 Å². The highest BCUT2D eigenvalue weighted by atomic mass is 28.4. The van der Waals surface area contributed by atoms with Gasteiger partial charge in [0.05, 0.1) is 0 Å². The lowest BCUT2D eigenvalue weighted by atomic mass is 10.2. The van der Waals surface area contributed by atoms with Crippen molar-refractivity contribution in [2.45, 2.75) is 26.5 Å². The Bertz CT molecular complexity index is 265. The second kappa shape index (κ2) is 6.90. The molecule has 17 heavy (non-hydrogen) atoms. The van der Waals surface area contributed by atoms with E-state index in [9.17, 15) is 4.79 Å². The summed E-state index contributed by atoms with van der Waals surface area (Å²) in [7, 11) is 1.47. The first-order valence-corrected chi connectivity index (χ1v) is 7.16. The van der Waals surface area contributed by atoms with Gasteiger partial charge < -0.3 is 18.0 Å². The lowest BCUT2D eigenvalue weighted by Crippen LogP contribution is -2.58. The summed E-state index contributed by atoms with van der Waals surface area (Å²) in [6.07, 6.45) is 0. The Morgan fingerprint density at radius 2 is 1.53 bits per heavy atom. The van der Waals surface area contributed by atoms with Gasteiger partial charge in [0.1, 0.15) is 0 Å². The second-order valence-electron chi connectivity index (χ2n) is 4.07. The van der Waals surface area contributed by atoms with Crippen molar-refractivity contribution in [3.05, 3.63) is 12.2 Å². The highest BCUT2D eigenvalue weighted by Gasteiger charge is 2.52. The molecule has 0 amide bonds. The topological polar surface area (TPSA) is 54.0 Å². The summed E-state index contributed by atoms with van der Waals surface area (Å²) in [6, 6.07) is 0. The Morgan fingerprint density at radius 1 is 1.12 bits per heavy atom. The van der Waals surface area contributed by atoms with Crippen molar-refractivity contribution < 1.29 is 22.8 Å². The van der Waals surface area contributed by atoms with Gasteiger partial charge in [0.2, 0.25) is 0 Å². The molecule has 0 spiro atoms. The number of rotatable bonds is 7. The predicted octanol–water partition coefficient (Wildman–Crippen LogP) is 1.55. The summed E-state index contributed by atoms with van der Waals surface area (Å²) in [4.78, 5) is 11.6. The smallest absolute Gasteiger partial charge is 0.454 e. The van der Waals surface area contributed by atoms with Crippen LogP contribution >= 0.6 is 0 Å². The van der Waals surface area contributed by atoms with Crippen LogP contribution in [-0.2, 0) is 22.8 Å². The zero-order valence-electron chi connectivity index (χ0n) is 11.4. The van der Waals surface area contributed by atoms with E-state index >= 15 is 0 Å². The zero-order valence-corrected chi connectivity index (χ0v) is 12.4. The molecule has 5 nitrogen and oxygen atoms in total. The molecule has 0 rings (SSSR count). The van der Waals surface area contributed by atoms with E-state index in [1.807, 2.05) is 13.8 Å². The molecule has 100 valence electrons. The molecule has 0 aromatic heterocycles. The molecular weight excluding hydrogens is 240 g/mol. The van der Waals surface area contributed by atoms with Gasteiger partial charge >= 0.3 is 14.8 Å². The molecule has 0 heterocycles. The van der Waals surface area contributed by atoms with Crippen LogP contribution in [0.3, 0.4) is 0 Å². The molecular formula is C11H22O5Si. The molecule has 1 atom stereocenters. The zero-order chi connectivity index (χ0) is 13.6. The van der Waals surface area contributed by atoms with E-state index in [1.54, 1.807) is 6.92 Å². The van der Waals surface area contributed by atoms with Crippen molar-refractivity contribution in [2.75, 3.05) is 21.3 Å². The van der Waals surface area contributed by atoms with E-state index in [1.165, 1.54) is 21.3 Å². The van der Waals surface area contributed by atoms with Gasteiger partial charge in [0.15, 0.2) is 5.73 Å². The number of hydrogen-bond acceptors (Lipinski definition) is 5. The lowest BCUT2D eigenvalue weighted by Gasteiger charge is -2.34. The Hall–Kier alpha value is -0.693. The van der Waals surface area contributed by atoms with Crippen LogP contribution in [0.5, 0.6) is 0 Å². The molecule has 0 aliphatic rings. The van der Waals surface area contributed by atoms with Gasteiger partial charge in [-0.3, -0.25) is 0 Å². The molecule has 0 saturated heterocycles. The summed E-state index contributed by atoms with van der Waals surface area (Å²) < 4.78 is 21.3. The van der Waals surface area contributed by atoms with Crippen molar-refractivity contribution in [3.8, 4) is 0 Å². The molecule has 0 saturated carbocycles. The largest absolute Gasteiger partial charge is 0.543 e. The summed E-state index contributed by atoms with van der Waals surface area (Å²) in [6.45, 7) is 8.96. The highest BCUT2D eigenvalue weighted by molar-refractivity contribution is 6.62. The average Bonchev–Trinajstić information content (AvgIpc) is 2.29. The Kier molecular flexibility index (Phi) is 6.62. The van der Waals surface area contributed by atoms with Crippen LogP contribution in [0, 0.1) is 5.92 Å². The van der Waals surface area contributed by atoms with Crippen molar-refractivity contribution in [2.24, 2.45) is 5.92 Å². The van der Waals surface area contributed by atoms with Crippen molar-refractivity contribution in [1.29, 1.82) is 0 Å².